The van der Waals surface area contributed by atoms with E-state index < -0.39 is 37.3 Å². The minimum Gasteiger partial charge on any atom is -0.393 e. The molecule has 4 N–H and O–H groups in total. The van der Waals surface area contributed by atoms with Crippen molar-refractivity contribution in [2.75, 3.05) is 27.0 Å². The number of nitrogens with zero attached hydrogens (tertiary/aromatic N) is 1. The Balaban J connectivity index is 2.21. The van der Waals surface area contributed by atoms with Crippen LogP contribution in [0.4, 0.5) is 0 Å². The van der Waals surface area contributed by atoms with Crippen LogP contribution < -0.4 is 5.32 Å². The smallest absolute Gasteiger partial charge is 0.246 e. The van der Waals surface area contributed by atoms with Crippen LogP contribution in [0.5, 0.6) is 0 Å². The van der Waals surface area contributed by atoms with Gasteiger partial charge < -0.3 is 35.0 Å². The first-order valence-electron chi connectivity index (χ1n) is 5.90. The first-order valence-corrected chi connectivity index (χ1v) is 5.90. The van der Waals surface area contributed by atoms with Gasteiger partial charge in [-0.1, -0.05) is 0 Å². The van der Waals surface area contributed by atoms with E-state index >= 15 is 0 Å². The molecule has 3 atom stereocenters. The molecule has 1 amide bonds. The molecule has 0 aromatic heterocycles. The van der Waals surface area contributed by atoms with E-state index in [1.807, 2.05) is 0 Å². The molecule has 2 heterocycles. The van der Waals surface area contributed by atoms with Crippen molar-refractivity contribution in [2.45, 2.75) is 24.0 Å². The zero-order chi connectivity index (χ0) is 14.0. The minimum absolute atomic E-state index is 0.194. The summed E-state index contributed by atoms with van der Waals surface area (Å²) in [7, 11) is 1.40. The second-order valence-electron chi connectivity index (χ2n) is 4.56. The lowest BCUT2D eigenvalue weighted by Gasteiger charge is -2.33. The summed E-state index contributed by atoms with van der Waals surface area (Å²) in [5.74, 6) is -0.223. The third-order valence-corrected chi connectivity index (χ3v) is 3.47. The molecule has 0 aliphatic carbocycles. The van der Waals surface area contributed by atoms with E-state index in [0.29, 0.717) is 0 Å². The maximum atomic E-state index is 11.1. The molecule has 0 saturated carbocycles. The van der Waals surface area contributed by atoms with Crippen LogP contribution in [0.3, 0.4) is 0 Å². The Morgan fingerprint density at radius 3 is 2.74 bits per heavy atom. The van der Waals surface area contributed by atoms with Crippen LogP contribution in [0, 0.1) is 0 Å². The SMILES string of the molecule is COC1C(N2C=CC(=O)NC2)OC(CO)(CO)C1O. The van der Waals surface area contributed by atoms with Crippen LogP contribution in [0.15, 0.2) is 12.3 Å². The Morgan fingerprint density at radius 2 is 2.26 bits per heavy atom. The minimum atomic E-state index is -1.47. The number of nitrogens with one attached hydrogen (secondary N) is 1. The van der Waals surface area contributed by atoms with Crippen LogP contribution in [0.25, 0.3) is 0 Å². The Kier molecular flexibility index (Phi) is 4.07. The third-order valence-electron chi connectivity index (χ3n) is 3.47. The van der Waals surface area contributed by atoms with Crippen LogP contribution in [0.1, 0.15) is 0 Å². The zero-order valence-corrected chi connectivity index (χ0v) is 10.5. The monoisotopic (exact) mass is 274 g/mol. The predicted octanol–water partition coefficient (Wildman–Crippen LogP) is -2.65. The number of ether oxygens (including phenoxy) is 2. The molecule has 8 heteroatoms. The highest BCUT2D eigenvalue weighted by molar-refractivity contribution is 5.87. The number of aliphatic hydroxyl groups is 3. The van der Waals surface area contributed by atoms with Gasteiger partial charge in [-0.05, 0) is 0 Å². The van der Waals surface area contributed by atoms with E-state index in [1.54, 1.807) is 4.90 Å². The van der Waals surface area contributed by atoms with Gasteiger partial charge in [-0.25, -0.2) is 0 Å². The largest absolute Gasteiger partial charge is 0.393 e. The van der Waals surface area contributed by atoms with Crippen LogP contribution in [0.2, 0.25) is 0 Å². The molecule has 1 saturated heterocycles. The molecule has 0 radical (unpaired) electrons. The van der Waals surface area contributed by atoms with E-state index in [0.717, 1.165) is 0 Å². The van der Waals surface area contributed by atoms with Gasteiger partial charge in [0.2, 0.25) is 5.91 Å². The normalized spacial score (nSPS) is 33.6. The summed E-state index contributed by atoms with van der Waals surface area (Å²) < 4.78 is 10.8. The molecule has 3 unspecified atom stereocenters. The van der Waals surface area contributed by atoms with Crippen molar-refractivity contribution in [1.82, 2.24) is 10.2 Å². The summed E-state index contributed by atoms with van der Waals surface area (Å²) in [5.41, 5.74) is -1.47. The molecule has 2 rings (SSSR count). The standard InChI is InChI=1S/C11H18N2O6/c1-18-8-9(17)11(4-14,5-15)19-10(8)13-3-2-7(16)12-6-13/h2-3,8-10,14-15,17H,4-6H2,1H3,(H,12,16). The number of amides is 1. The van der Waals surface area contributed by atoms with E-state index in [4.69, 9.17) is 9.47 Å². The van der Waals surface area contributed by atoms with Crippen molar-refractivity contribution < 1.29 is 29.6 Å². The van der Waals surface area contributed by atoms with Crippen molar-refractivity contribution in [2.24, 2.45) is 0 Å². The van der Waals surface area contributed by atoms with Crippen molar-refractivity contribution >= 4 is 5.91 Å². The third kappa shape index (κ3) is 2.33. The molecule has 0 aromatic carbocycles. The molecule has 1 fully saturated rings. The molecule has 0 spiro atoms. The van der Waals surface area contributed by atoms with Crippen LogP contribution in [-0.2, 0) is 14.3 Å². The predicted molar refractivity (Wildman–Crippen MR) is 62.6 cm³/mol. The second-order valence-corrected chi connectivity index (χ2v) is 4.56. The summed E-state index contributed by atoms with van der Waals surface area (Å²) in [6.45, 7) is -0.880. The fraction of sp³-hybridized carbons (Fsp3) is 0.727. The van der Waals surface area contributed by atoms with Gasteiger partial charge in [0.15, 0.2) is 6.23 Å². The van der Waals surface area contributed by atoms with Gasteiger partial charge in [-0.2, -0.15) is 0 Å². The zero-order valence-electron chi connectivity index (χ0n) is 10.5. The lowest BCUT2D eigenvalue weighted by Crippen LogP contribution is -2.50. The van der Waals surface area contributed by atoms with E-state index in [1.165, 1.54) is 19.4 Å². The number of carbonyl (C=O) groups excluding carboxylic acids is 1. The Labute approximate surface area is 110 Å². The van der Waals surface area contributed by atoms with Gasteiger partial charge >= 0.3 is 0 Å². The summed E-state index contributed by atoms with van der Waals surface area (Å²) in [5, 5.41) is 31.4. The maximum Gasteiger partial charge on any atom is 0.246 e. The number of rotatable bonds is 4. The molecule has 0 aromatic rings. The Hall–Kier alpha value is -1.19. The molecule has 8 nitrogen and oxygen atoms in total. The average molecular weight is 274 g/mol. The maximum absolute atomic E-state index is 11.1. The van der Waals surface area contributed by atoms with Crippen LogP contribution in [-0.4, -0.2) is 77.2 Å². The topological polar surface area (TPSA) is 111 Å². The van der Waals surface area contributed by atoms with Gasteiger partial charge in [0.1, 0.15) is 17.8 Å². The first-order chi connectivity index (χ1) is 9.07. The number of carbonyl (C=O) groups is 1. The van der Waals surface area contributed by atoms with Crippen molar-refractivity contribution in [3.05, 3.63) is 12.3 Å². The highest BCUT2D eigenvalue weighted by atomic mass is 16.6. The van der Waals surface area contributed by atoms with Gasteiger partial charge in [-0.3, -0.25) is 4.79 Å². The van der Waals surface area contributed by atoms with Crippen molar-refractivity contribution in [3.63, 3.8) is 0 Å². The molecular weight excluding hydrogens is 256 g/mol. The quantitative estimate of drug-likeness (QED) is 0.443. The van der Waals surface area contributed by atoms with Gasteiger partial charge in [0.25, 0.3) is 0 Å². The fourth-order valence-corrected chi connectivity index (χ4v) is 2.26. The molecule has 0 bridgehead atoms. The highest BCUT2D eigenvalue weighted by Gasteiger charge is 2.56. The van der Waals surface area contributed by atoms with E-state index in [9.17, 15) is 20.1 Å². The van der Waals surface area contributed by atoms with E-state index in [2.05, 4.69) is 5.32 Å². The number of hydrogen-bond donors (Lipinski definition) is 4. The summed E-state index contributed by atoms with van der Waals surface area (Å²) in [6, 6.07) is 0. The number of hydrogen-bond acceptors (Lipinski definition) is 7. The molecule has 2 aliphatic heterocycles. The van der Waals surface area contributed by atoms with Crippen LogP contribution >= 0.6 is 0 Å². The Bertz CT molecular complexity index is 370. The fourth-order valence-electron chi connectivity index (χ4n) is 2.26. The highest BCUT2D eigenvalue weighted by Crippen LogP contribution is 2.34. The van der Waals surface area contributed by atoms with E-state index in [-0.39, 0.29) is 12.6 Å². The summed E-state index contributed by atoms with van der Waals surface area (Å²) in [6.07, 6.45) is 0.204. The van der Waals surface area contributed by atoms with Gasteiger partial charge in [0.05, 0.1) is 19.9 Å². The van der Waals surface area contributed by atoms with Gasteiger partial charge in [-0.15, -0.1) is 0 Å². The summed E-state index contributed by atoms with van der Waals surface area (Å²) >= 11 is 0. The Morgan fingerprint density at radius 1 is 1.58 bits per heavy atom. The second kappa shape index (κ2) is 5.43. The van der Waals surface area contributed by atoms with Crippen molar-refractivity contribution in [3.8, 4) is 0 Å². The lowest BCUT2D eigenvalue weighted by atomic mass is 9.97. The van der Waals surface area contributed by atoms with Crippen molar-refractivity contribution in [1.29, 1.82) is 0 Å². The molecular formula is C11H18N2O6. The van der Waals surface area contributed by atoms with Gasteiger partial charge in [0, 0.05) is 19.4 Å². The molecule has 108 valence electrons. The lowest BCUT2D eigenvalue weighted by molar-refractivity contribution is -0.161. The summed E-state index contributed by atoms with van der Waals surface area (Å²) in [4.78, 5) is 12.7. The number of aliphatic hydroxyl groups excluding tert-OH is 3. The average Bonchev–Trinajstić information content (AvgIpc) is 2.72. The molecule has 19 heavy (non-hydrogen) atoms. The number of methoxy groups -OCH3 is 1. The first kappa shape index (κ1) is 14.2. The molecule has 2 aliphatic rings.